The van der Waals surface area contributed by atoms with Gasteiger partial charge in [0.05, 0.1) is 44.6 Å². The van der Waals surface area contributed by atoms with Gasteiger partial charge in [0.15, 0.2) is 23.0 Å². The van der Waals surface area contributed by atoms with Gasteiger partial charge in [-0.05, 0) is 24.3 Å². The van der Waals surface area contributed by atoms with Crippen LogP contribution in [0.5, 0.6) is 23.0 Å². The predicted octanol–water partition coefficient (Wildman–Crippen LogP) is 2.69. The fraction of sp³-hybridized carbons (Fsp3) is 0.235. The number of rotatable bonds is 8. The van der Waals surface area contributed by atoms with Crippen LogP contribution < -0.4 is 23.8 Å². The largest absolute Gasteiger partial charge is 0.493 e. The standard InChI is InChI=1S/C17H19ClN2O6S/c1-23-13-8-6-12(9-15(13)25-3)27(21,22)20-19-10-11-5-7-14(24-2)17(26-4)16(11)18/h5-10,20H,1-4H3/b19-10+. The van der Waals surface area contributed by atoms with Crippen molar-refractivity contribution in [3.63, 3.8) is 0 Å². The average molecular weight is 415 g/mol. The minimum Gasteiger partial charge on any atom is -0.493 e. The molecule has 10 heteroatoms. The molecule has 0 aliphatic carbocycles. The zero-order valence-electron chi connectivity index (χ0n) is 15.1. The van der Waals surface area contributed by atoms with Gasteiger partial charge in [0.1, 0.15) is 0 Å². The number of nitrogens with one attached hydrogen (secondary N) is 1. The molecule has 0 bridgehead atoms. The lowest BCUT2D eigenvalue weighted by Crippen LogP contribution is -2.18. The Morgan fingerprint density at radius 2 is 1.56 bits per heavy atom. The molecule has 2 rings (SSSR count). The van der Waals surface area contributed by atoms with Crippen LogP contribution in [0, 0.1) is 0 Å². The molecule has 0 aliphatic rings. The highest BCUT2D eigenvalue weighted by atomic mass is 35.5. The average Bonchev–Trinajstić information content (AvgIpc) is 2.68. The number of hydrazone groups is 1. The number of methoxy groups -OCH3 is 4. The van der Waals surface area contributed by atoms with Gasteiger partial charge in [-0.2, -0.15) is 13.5 Å². The first kappa shape index (κ1) is 20.7. The molecule has 0 saturated heterocycles. The minimum atomic E-state index is -3.91. The van der Waals surface area contributed by atoms with Gasteiger partial charge in [0, 0.05) is 11.6 Å². The van der Waals surface area contributed by atoms with Gasteiger partial charge in [0.2, 0.25) is 0 Å². The van der Waals surface area contributed by atoms with E-state index in [1.165, 1.54) is 52.9 Å². The lowest BCUT2D eigenvalue weighted by atomic mass is 10.2. The van der Waals surface area contributed by atoms with Crippen LogP contribution in [-0.2, 0) is 10.0 Å². The van der Waals surface area contributed by atoms with Gasteiger partial charge >= 0.3 is 0 Å². The van der Waals surface area contributed by atoms with Crippen molar-refractivity contribution in [1.29, 1.82) is 0 Å². The molecule has 8 nitrogen and oxygen atoms in total. The highest BCUT2D eigenvalue weighted by molar-refractivity contribution is 7.89. The van der Waals surface area contributed by atoms with Gasteiger partial charge in [-0.25, -0.2) is 4.83 Å². The van der Waals surface area contributed by atoms with E-state index in [9.17, 15) is 8.42 Å². The van der Waals surface area contributed by atoms with Crippen molar-refractivity contribution < 1.29 is 27.4 Å². The summed E-state index contributed by atoms with van der Waals surface area (Å²) in [6.07, 6.45) is 1.27. The number of benzene rings is 2. The van der Waals surface area contributed by atoms with E-state index in [0.717, 1.165) is 0 Å². The molecule has 0 saturated carbocycles. The molecule has 27 heavy (non-hydrogen) atoms. The second-order valence-corrected chi connectivity index (χ2v) is 7.11. The van der Waals surface area contributed by atoms with Gasteiger partial charge in [0.25, 0.3) is 10.0 Å². The Kier molecular flexibility index (Phi) is 6.75. The number of sulfonamides is 1. The maximum atomic E-state index is 12.4. The molecule has 1 N–H and O–H groups in total. The summed E-state index contributed by atoms with van der Waals surface area (Å²) in [5, 5.41) is 4.01. The maximum Gasteiger partial charge on any atom is 0.276 e. The minimum absolute atomic E-state index is 0.0318. The fourth-order valence-corrected chi connectivity index (χ4v) is 3.29. The molecule has 2 aromatic carbocycles. The molecule has 0 amide bonds. The first-order chi connectivity index (χ1) is 12.9. The summed E-state index contributed by atoms with van der Waals surface area (Å²) in [6, 6.07) is 7.46. The Balaban J connectivity index is 2.25. The van der Waals surface area contributed by atoms with E-state index in [4.69, 9.17) is 30.5 Å². The molecule has 2 aromatic rings. The Bertz CT molecular complexity index is 947. The third-order valence-corrected chi connectivity index (χ3v) is 5.17. The van der Waals surface area contributed by atoms with Crippen LogP contribution in [0.3, 0.4) is 0 Å². The fourth-order valence-electron chi connectivity index (χ4n) is 2.21. The van der Waals surface area contributed by atoms with Crippen molar-refractivity contribution in [1.82, 2.24) is 4.83 Å². The Labute approximate surface area is 162 Å². The molecule has 0 aliphatic heterocycles. The maximum absolute atomic E-state index is 12.4. The van der Waals surface area contributed by atoms with E-state index in [1.54, 1.807) is 12.1 Å². The summed E-state index contributed by atoms with van der Waals surface area (Å²) >= 11 is 6.23. The molecule has 0 unspecified atom stereocenters. The van der Waals surface area contributed by atoms with Crippen molar-refractivity contribution in [2.75, 3.05) is 28.4 Å². The predicted molar refractivity (Wildman–Crippen MR) is 102 cm³/mol. The summed E-state index contributed by atoms with van der Waals surface area (Å²) < 4.78 is 45.3. The van der Waals surface area contributed by atoms with Crippen LogP contribution in [0.4, 0.5) is 0 Å². The van der Waals surface area contributed by atoms with Crippen molar-refractivity contribution in [2.24, 2.45) is 5.10 Å². The zero-order chi connectivity index (χ0) is 20.0. The topological polar surface area (TPSA) is 95.5 Å². The van der Waals surface area contributed by atoms with E-state index >= 15 is 0 Å². The van der Waals surface area contributed by atoms with Crippen LogP contribution in [0.25, 0.3) is 0 Å². The monoisotopic (exact) mass is 414 g/mol. The van der Waals surface area contributed by atoms with E-state index in [2.05, 4.69) is 9.93 Å². The van der Waals surface area contributed by atoms with Crippen molar-refractivity contribution in [3.05, 3.63) is 40.9 Å². The molecule has 146 valence electrons. The third-order valence-electron chi connectivity index (χ3n) is 3.56. The lowest BCUT2D eigenvalue weighted by Gasteiger charge is -2.11. The summed E-state index contributed by atoms with van der Waals surface area (Å²) in [5.41, 5.74) is 0.448. The summed E-state index contributed by atoms with van der Waals surface area (Å²) in [5.74, 6) is 1.47. The van der Waals surface area contributed by atoms with Crippen LogP contribution in [-0.4, -0.2) is 43.1 Å². The van der Waals surface area contributed by atoms with Crippen molar-refractivity contribution in [2.45, 2.75) is 4.90 Å². The van der Waals surface area contributed by atoms with Gasteiger partial charge in [-0.3, -0.25) is 0 Å². The van der Waals surface area contributed by atoms with Crippen LogP contribution in [0.15, 0.2) is 40.3 Å². The van der Waals surface area contributed by atoms with E-state index in [1.807, 2.05) is 0 Å². The first-order valence-corrected chi connectivity index (χ1v) is 9.41. The molecule has 0 atom stereocenters. The summed E-state index contributed by atoms with van der Waals surface area (Å²) in [6.45, 7) is 0. The smallest absolute Gasteiger partial charge is 0.276 e. The molecule has 0 fully saturated rings. The highest BCUT2D eigenvalue weighted by Gasteiger charge is 2.17. The van der Waals surface area contributed by atoms with E-state index < -0.39 is 10.0 Å². The number of hydrogen-bond acceptors (Lipinski definition) is 7. The zero-order valence-corrected chi connectivity index (χ0v) is 16.7. The molecular weight excluding hydrogens is 396 g/mol. The Morgan fingerprint density at radius 1 is 0.926 bits per heavy atom. The van der Waals surface area contributed by atoms with Gasteiger partial charge in [-0.15, -0.1) is 0 Å². The lowest BCUT2D eigenvalue weighted by molar-refractivity contribution is 0.354. The Hall–Kier alpha value is -2.65. The molecular formula is C17H19ClN2O6S. The second-order valence-electron chi connectivity index (χ2n) is 5.07. The second kappa shape index (κ2) is 8.83. The molecule has 0 radical (unpaired) electrons. The molecule has 0 heterocycles. The van der Waals surface area contributed by atoms with E-state index in [-0.39, 0.29) is 15.7 Å². The SMILES string of the molecule is COc1ccc(S(=O)(=O)N/N=C/c2ccc(OC)c(OC)c2Cl)cc1OC. The molecule has 0 aromatic heterocycles. The van der Waals surface area contributed by atoms with Crippen molar-refractivity contribution >= 4 is 27.8 Å². The van der Waals surface area contributed by atoms with Crippen molar-refractivity contribution in [3.8, 4) is 23.0 Å². The molecule has 0 spiro atoms. The van der Waals surface area contributed by atoms with Gasteiger partial charge in [-0.1, -0.05) is 11.6 Å². The Morgan fingerprint density at radius 3 is 2.15 bits per heavy atom. The first-order valence-electron chi connectivity index (χ1n) is 7.55. The number of ether oxygens (including phenoxy) is 4. The summed E-state index contributed by atoms with van der Waals surface area (Å²) in [7, 11) is 1.90. The highest BCUT2D eigenvalue weighted by Crippen LogP contribution is 2.36. The van der Waals surface area contributed by atoms with Crippen LogP contribution >= 0.6 is 11.6 Å². The number of nitrogens with zero attached hydrogens (tertiary/aromatic N) is 1. The quantitative estimate of drug-likeness (QED) is 0.527. The number of hydrogen-bond donors (Lipinski definition) is 1. The van der Waals surface area contributed by atoms with E-state index in [0.29, 0.717) is 22.8 Å². The third kappa shape index (κ3) is 4.55. The van der Waals surface area contributed by atoms with Crippen LogP contribution in [0.1, 0.15) is 5.56 Å². The summed E-state index contributed by atoms with van der Waals surface area (Å²) in [4.78, 5) is 2.09. The van der Waals surface area contributed by atoms with Gasteiger partial charge < -0.3 is 18.9 Å². The van der Waals surface area contributed by atoms with Crippen LogP contribution in [0.2, 0.25) is 5.02 Å². The normalized spacial score (nSPS) is 11.3. The number of halogens is 1.